The highest BCUT2D eigenvalue weighted by Gasteiger charge is 2.11. The highest BCUT2D eigenvalue weighted by atomic mass is 15.2. The lowest BCUT2D eigenvalue weighted by atomic mass is 10.4. The molecular formula is C8H13N4+. The Morgan fingerprint density at radius 2 is 2.25 bits per heavy atom. The minimum atomic E-state index is 0.796. The molecule has 64 valence electrons. The second-order valence-electron chi connectivity index (χ2n) is 2.80. The van der Waals surface area contributed by atoms with E-state index in [9.17, 15) is 0 Å². The van der Waals surface area contributed by atoms with Gasteiger partial charge in [0.2, 0.25) is 0 Å². The van der Waals surface area contributed by atoms with Gasteiger partial charge < -0.3 is 4.90 Å². The first-order valence-electron chi connectivity index (χ1n) is 3.64. The smallest absolute Gasteiger partial charge is 0.288 e. The topological polar surface area (TPSA) is 32.4 Å². The molecule has 4 nitrogen and oxygen atoms in total. The molecule has 1 rings (SSSR count). The maximum Gasteiger partial charge on any atom is 0.288 e. The summed E-state index contributed by atoms with van der Waals surface area (Å²) >= 11 is 0. The molecule has 4 heteroatoms. The molecule has 0 bridgehead atoms. The maximum absolute atomic E-state index is 4.20. The second-order valence-corrected chi connectivity index (χ2v) is 2.80. The van der Waals surface area contributed by atoms with Crippen LogP contribution in [0.4, 0.5) is 11.5 Å². The lowest BCUT2D eigenvalue weighted by molar-refractivity contribution is -0.673. The van der Waals surface area contributed by atoms with Crippen molar-refractivity contribution in [1.29, 1.82) is 0 Å². The van der Waals surface area contributed by atoms with Crippen LogP contribution in [-0.2, 0) is 7.05 Å². The van der Waals surface area contributed by atoms with Crippen LogP contribution in [0.15, 0.2) is 17.5 Å². The number of aliphatic imine (C=N–C) groups is 1. The van der Waals surface area contributed by atoms with Gasteiger partial charge in [-0.25, -0.2) is 4.57 Å². The van der Waals surface area contributed by atoms with Crippen LogP contribution in [0, 0.1) is 0 Å². The Kier molecular flexibility index (Phi) is 2.38. The van der Waals surface area contributed by atoms with Crippen molar-refractivity contribution in [3.63, 3.8) is 0 Å². The molecule has 0 aliphatic carbocycles. The maximum atomic E-state index is 4.20. The average Bonchev–Trinajstić information content (AvgIpc) is 2.03. The zero-order valence-corrected chi connectivity index (χ0v) is 7.65. The zero-order valence-electron chi connectivity index (χ0n) is 7.65. The van der Waals surface area contributed by atoms with E-state index in [1.165, 1.54) is 0 Å². The van der Waals surface area contributed by atoms with E-state index in [1.54, 1.807) is 6.33 Å². The van der Waals surface area contributed by atoms with Gasteiger partial charge in [-0.1, -0.05) is 0 Å². The molecule has 1 aromatic heterocycles. The van der Waals surface area contributed by atoms with Gasteiger partial charge in [-0.3, -0.25) is 4.99 Å². The van der Waals surface area contributed by atoms with Gasteiger partial charge in [0.05, 0.1) is 7.05 Å². The molecule has 0 fully saturated rings. The van der Waals surface area contributed by atoms with Crippen LogP contribution in [0.5, 0.6) is 0 Å². The van der Waals surface area contributed by atoms with Crippen molar-refractivity contribution in [1.82, 2.24) is 4.98 Å². The van der Waals surface area contributed by atoms with E-state index in [2.05, 4.69) is 16.7 Å². The standard InChI is InChI=1S/C8H13N4/c1-9-7-5-12(4)6-10-8(7)11(2)3/h5-6H,1H2,2-4H3/q+1. The van der Waals surface area contributed by atoms with E-state index in [0.717, 1.165) is 11.5 Å². The molecule has 0 unspecified atom stereocenters. The van der Waals surface area contributed by atoms with Crippen LogP contribution in [-0.4, -0.2) is 25.8 Å². The third-order valence-electron chi connectivity index (χ3n) is 1.51. The van der Waals surface area contributed by atoms with Crippen molar-refractivity contribution < 1.29 is 4.57 Å². The van der Waals surface area contributed by atoms with Gasteiger partial charge in [0.25, 0.3) is 12.1 Å². The fraction of sp³-hybridized carbons (Fsp3) is 0.375. The fourth-order valence-corrected chi connectivity index (χ4v) is 0.952. The van der Waals surface area contributed by atoms with Gasteiger partial charge in [0.1, 0.15) is 6.20 Å². The lowest BCUT2D eigenvalue weighted by Gasteiger charge is -2.07. The normalized spacial score (nSPS) is 9.58. The molecule has 0 saturated heterocycles. The van der Waals surface area contributed by atoms with E-state index in [4.69, 9.17) is 0 Å². The summed E-state index contributed by atoms with van der Waals surface area (Å²) in [6, 6.07) is 0. The Morgan fingerprint density at radius 3 is 2.75 bits per heavy atom. The molecule has 1 aromatic rings. The van der Waals surface area contributed by atoms with E-state index in [1.807, 2.05) is 36.8 Å². The molecule has 0 N–H and O–H groups in total. The van der Waals surface area contributed by atoms with Crippen LogP contribution in [0.25, 0.3) is 0 Å². The quantitative estimate of drug-likeness (QED) is 0.466. The summed E-state index contributed by atoms with van der Waals surface area (Å²) in [6.45, 7) is 3.49. The fourth-order valence-electron chi connectivity index (χ4n) is 0.952. The number of rotatable bonds is 2. The van der Waals surface area contributed by atoms with Crippen LogP contribution < -0.4 is 9.47 Å². The summed E-state index contributed by atoms with van der Waals surface area (Å²) in [5.41, 5.74) is 0.796. The number of hydrogen-bond donors (Lipinski definition) is 0. The first-order valence-corrected chi connectivity index (χ1v) is 3.64. The van der Waals surface area contributed by atoms with E-state index < -0.39 is 0 Å². The first kappa shape index (κ1) is 8.64. The van der Waals surface area contributed by atoms with E-state index >= 15 is 0 Å². The summed E-state index contributed by atoms with van der Waals surface area (Å²) < 4.78 is 1.84. The Bertz CT molecular complexity index is 293. The molecular weight excluding hydrogens is 152 g/mol. The Labute approximate surface area is 72.2 Å². The largest absolute Gasteiger partial charge is 0.340 e. The van der Waals surface area contributed by atoms with Crippen molar-refractivity contribution in [3.05, 3.63) is 12.5 Å². The summed E-state index contributed by atoms with van der Waals surface area (Å²) in [5, 5.41) is 0. The molecule has 12 heavy (non-hydrogen) atoms. The van der Waals surface area contributed by atoms with Gasteiger partial charge in [-0.05, 0) is 11.7 Å². The van der Waals surface area contributed by atoms with E-state index in [0.29, 0.717) is 0 Å². The number of hydrogen-bond acceptors (Lipinski definition) is 3. The second kappa shape index (κ2) is 3.30. The van der Waals surface area contributed by atoms with Gasteiger partial charge >= 0.3 is 0 Å². The van der Waals surface area contributed by atoms with Crippen molar-refractivity contribution in [3.8, 4) is 0 Å². The summed E-state index contributed by atoms with van der Waals surface area (Å²) in [5.74, 6) is 0.836. The predicted molar refractivity (Wildman–Crippen MR) is 48.9 cm³/mol. The number of anilines is 1. The molecule has 0 radical (unpaired) electrons. The molecule has 0 aliphatic rings. The highest BCUT2D eigenvalue weighted by Crippen LogP contribution is 2.20. The van der Waals surface area contributed by atoms with Crippen LogP contribution in [0.1, 0.15) is 0 Å². The van der Waals surface area contributed by atoms with E-state index in [-0.39, 0.29) is 0 Å². The van der Waals surface area contributed by atoms with Crippen LogP contribution in [0.2, 0.25) is 0 Å². The summed E-state index contributed by atoms with van der Waals surface area (Å²) in [6.07, 6.45) is 3.62. The van der Waals surface area contributed by atoms with Gasteiger partial charge in [0.15, 0.2) is 5.69 Å². The SMILES string of the molecule is C=Nc1c[n+](C)cnc1N(C)C. The molecule has 1 heterocycles. The molecule has 0 spiro atoms. The minimum absolute atomic E-state index is 0.796. The first-order chi connectivity index (χ1) is 5.65. The van der Waals surface area contributed by atoms with Crippen molar-refractivity contribution in [2.75, 3.05) is 19.0 Å². The molecule has 0 aromatic carbocycles. The number of aryl methyl sites for hydroxylation is 1. The zero-order chi connectivity index (χ0) is 9.14. The highest BCUT2D eigenvalue weighted by molar-refractivity contribution is 5.61. The summed E-state index contributed by atoms with van der Waals surface area (Å²) in [7, 11) is 5.76. The number of nitrogens with zero attached hydrogens (tertiary/aromatic N) is 4. The van der Waals surface area contributed by atoms with Crippen LogP contribution >= 0.6 is 0 Å². The number of aromatic nitrogens is 2. The molecule has 0 atom stereocenters. The lowest BCUT2D eigenvalue weighted by Crippen LogP contribution is -2.28. The summed E-state index contributed by atoms with van der Waals surface area (Å²) in [4.78, 5) is 9.99. The Morgan fingerprint density at radius 1 is 1.58 bits per heavy atom. The van der Waals surface area contributed by atoms with Crippen LogP contribution in [0.3, 0.4) is 0 Å². The van der Waals surface area contributed by atoms with Crippen molar-refractivity contribution in [2.45, 2.75) is 0 Å². The van der Waals surface area contributed by atoms with Gasteiger partial charge in [-0.2, -0.15) is 0 Å². The third kappa shape index (κ3) is 1.58. The van der Waals surface area contributed by atoms with Gasteiger partial charge in [0, 0.05) is 14.1 Å². The van der Waals surface area contributed by atoms with Crippen molar-refractivity contribution in [2.24, 2.45) is 12.0 Å². The Balaban J connectivity index is 3.20. The minimum Gasteiger partial charge on any atom is -0.340 e. The molecule has 0 aliphatic heterocycles. The Hall–Kier alpha value is -1.45. The molecule has 0 amide bonds. The third-order valence-corrected chi connectivity index (χ3v) is 1.51. The monoisotopic (exact) mass is 165 g/mol. The molecule has 0 saturated carbocycles. The predicted octanol–water partition coefficient (Wildman–Crippen LogP) is 0.304. The average molecular weight is 165 g/mol. The van der Waals surface area contributed by atoms with Crippen molar-refractivity contribution >= 4 is 18.2 Å². The van der Waals surface area contributed by atoms with Gasteiger partial charge in [-0.15, -0.1) is 0 Å².